The van der Waals surface area contributed by atoms with Crippen LogP contribution in [-0.2, 0) is 0 Å². The minimum atomic E-state index is 0.180. The summed E-state index contributed by atoms with van der Waals surface area (Å²) in [5, 5.41) is 12.8. The van der Waals surface area contributed by atoms with Crippen LogP contribution in [0.25, 0.3) is 0 Å². The molecule has 6 heteroatoms. The highest BCUT2D eigenvalue weighted by Gasteiger charge is 2.24. The van der Waals surface area contributed by atoms with E-state index in [1.54, 1.807) is 0 Å². The van der Waals surface area contributed by atoms with Gasteiger partial charge in [-0.15, -0.1) is 0 Å². The van der Waals surface area contributed by atoms with E-state index in [-0.39, 0.29) is 12.6 Å². The average Bonchev–Trinajstić information content (AvgIpc) is 2.85. The van der Waals surface area contributed by atoms with Crippen molar-refractivity contribution >= 4 is 23.4 Å². The standard InChI is InChI=1S/C11H17ClN4O.C2H6/c1-6-9(12)15-11(13)16-10(6)14-8-3-2-7(4-8)5-17;1-2/h7-8,17H,2-5H2,1H3,(H3,13,14,15,16);1-2H3. The summed E-state index contributed by atoms with van der Waals surface area (Å²) in [5.41, 5.74) is 6.38. The molecule has 1 aliphatic rings. The molecule has 2 atom stereocenters. The van der Waals surface area contributed by atoms with Crippen molar-refractivity contribution in [2.45, 2.75) is 46.1 Å². The van der Waals surface area contributed by atoms with Crippen LogP contribution in [0.3, 0.4) is 0 Å². The molecule has 2 unspecified atom stereocenters. The fourth-order valence-electron chi connectivity index (χ4n) is 2.21. The first kappa shape index (κ1) is 16.0. The second-order valence-corrected chi connectivity index (χ2v) is 4.91. The number of nitrogens with zero attached hydrogens (tertiary/aromatic N) is 2. The molecular formula is C13H23ClN4O. The zero-order chi connectivity index (χ0) is 14.4. The fourth-order valence-corrected chi connectivity index (χ4v) is 2.39. The molecule has 108 valence electrons. The van der Waals surface area contributed by atoms with Gasteiger partial charge in [0.2, 0.25) is 5.95 Å². The zero-order valence-electron chi connectivity index (χ0n) is 11.8. The maximum absolute atomic E-state index is 9.10. The molecule has 0 radical (unpaired) electrons. The number of nitrogen functional groups attached to an aromatic ring is 1. The summed E-state index contributed by atoms with van der Waals surface area (Å²) in [6, 6.07) is 0.330. The Bertz CT molecular complexity index is 414. The SMILES string of the molecule is CC.Cc1c(Cl)nc(N)nc1NC1CCC(CO)C1. The second kappa shape index (κ2) is 7.50. The third kappa shape index (κ3) is 4.21. The number of aliphatic hydroxyl groups excluding tert-OH is 1. The van der Waals surface area contributed by atoms with Gasteiger partial charge in [0.15, 0.2) is 0 Å². The number of hydrogen-bond donors (Lipinski definition) is 3. The highest BCUT2D eigenvalue weighted by molar-refractivity contribution is 6.30. The van der Waals surface area contributed by atoms with Gasteiger partial charge in [-0.1, -0.05) is 25.4 Å². The van der Waals surface area contributed by atoms with Crippen molar-refractivity contribution in [1.82, 2.24) is 9.97 Å². The van der Waals surface area contributed by atoms with Crippen LogP contribution in [0.5, 0.6) is 0 Å². The molecule has 0 saturated heterocycles. The highest BCUT2D eigenvalue weighted by atomic mass is 35.5. The molecule has 1 aliphatic carbocycles. The van der Waals surface area contributed by atoms with Gasteiger partial charge in [0.05, 0.1) is 0 Å². The van der Waals surface area contributed by atoms with Gasteiger partial charge in [0.25, 0.3) is 0 Å². The Kier molecular flexibility index (Phi) is 6.31. The van der Waals surface area contributed by atoms with Crippen molar-refractivity contribution < 1.29 is 5.11 Å². The Hall–Kier alpha value is -1.07. The Morgan fingerprint density at radius 3 is 2.63 bits per heavy atom. The predicted molar refractivity (Wildman–Crippen MR) is 79.4 cm³/mol. The van der Waals surface area contributed by atoms with Gasteiger partial charge in [-0.25, -0.2) is 4.98 Å². The first-order chi connectivity index (χ1) is 9.10. The predicted octanol–water partition coefficient (Wildman–Crippen LogP) is 2.62. The van der Waals surface area contributed by atoms with Crippen molar-refractivity contribution in [2.24, 2.45) is 5.92 Å². The molecule has 1 heterocycles. The van der Waals surface area contributed by atoms with Crippen LogP contribution in [0.1, 0.15) is 38.7 Å². The molecule has 5 nitrogen and oxygen atoms in total. The van der Waals surface area contributed by atoms with Crippen LogP contribution in [0.2, 0.25) is 5.15 Å². The van der Waals surface area contributed by atoms with E-state index >= 15 is 0 Å². The van der Waals surface area contributed by atoms with Gasteiger partial charge in [-0.3, -0.25) is 0 Å². The van der Waals surface area contributed by atoms with Gasteiger partial charge in [-0.2, -0.15) is 4.98 Å². The van der Waals surface area contributed by atoms with E-state index in [4.69, 9.17) is 22.4 Å². The third-order valence-electron chi connectivity index (χ3n) is 3.24. The number of nitrogens with two attached hydrogens (primary N) is 1. The summed E-state index contributed by atoms with van der Waals surface area (Å²) in [6.45, 7) is 6.12. The van der Waals surface area contributed by atoms with Gasteiger partial charge < -0.3 is 16.2 Å². The largest absolute Gasteiger partial charge is 0.396 e. The average molecular weight is 287 g/mol. The molecular weight excluding hydrogens is 264 g/mol. The number of halogens is 1. The number of nitrogens with one attached hydrogen (secondary N) is 1. The molecule has 0 aromatic carbocycles. The van der Waals surface area contributed by atoms with E-state index in [0.29, 0.717) is 22.9 Å². The Morgan fingerprint density at radius 1 is 1.37 bits per heavy atom. The van der Waals surface area contributed by atoms with Crippen LogP contribution in [0, 0.1) is 12.8 Å². The normalized spacial score (nSPS) is 21.7. The van der Waals surface area contributed by atoms with Crippen molar-refractivity contribution in [1.29, 1.82) is 0 Å². The Morgan fingerprint density at radius 2 is 2.05 bits per heavy atom. The summed E-state index contributed by atoms with van der Waals surface area (Å²) in [6.07, 6.45) is 3.03. The number of anilines is 2. The number of hydrogen-bond acceptors (Lipinski definition) is 5. The maximum Gasteiger partial charge on any atom is 0.223 e. The van der Waals surface area contributed by atoms with Crippen LogP contribution in [-0.4, -0.2) is 27.7 Å². The lowest BCUT2D eigenvalue weighted by molar-refractivity contribution is 0.229. The quantitative estimate of drug-likeness (QED) is 0.744. The molecule has 0 spiro atoms. The van der Waals surface area contributed by atoms with E-state index < -0.39 is 0 Å². The first-order valence-electron chi connectivity index (χ1n) is 6.77. The third-order valence-corrected chi connectivity index (χ3v) is 3.61. The van der Waals surface area contributed by atoms with E-state index in [1.807, 2.05) is 20.8 Å². The Balaban J connectivity index is 0.000000861. The van der Waals surface area contributed by atoms with Crippen LogP contribution in [0.15, 0.2) is 0 Å². The fraction of sp³-hybridized carbons (Fsp3) is 0.692. The summed E-state index contributed by atoms with van der Waals surface area (Å²) in [5.74, 6) is 1.27. The summed E-state index contributed by atoms with van der Waals surface area (Å²) in [7, 11) is 0. The van der Waals surface area contributed by atoms with Crippen LogP contribution >= 0.6 is 11.6 Å². The van der Waals surface area contributed by atoms with Gasteiger partial charge >= 0.3 is 0 Å². The van der Waals surface area contributed by atoms with Crippen molar-refractivity contribution in [3.63, 3.8) is 0 Å². The van der Waals surface area contributed by atoms with Crippen molar-refractivity contribution in [3.8, 4) is 0 Å². The molecule has 0 bridgehead atoms. The monoisotopic (exact) mass is 286 g/mol. The molecule has 1 aromatic rings. The van der Waals surface area contributed by atoms with Gasteiger partial charge in [0, 0.05) is 18.2 Å². The van der Waals surface area contributed by atoms with Crippen LogP contribution < -0.4 is 11.1 Å². The lowest BCUT2D eigenvalue weighted by Gasteiger charge is -2.15. The smallest absolute Gasteiger partial charge is 0.223 e. The number of aliphatic hydroxyl groups is 1. The lowest BCUT2D eigenvalue weighted by Crippen LogP contribution is -2.18. The zero-order valence-corrected chi connectivity index (χ0v) is 12.5. The molecule has 1 saturated carbocycles. The second-order valence-electron chi connectivity index (χ2n) is 4.55. The summed E-state index contributed by atoms with van der Waals surface area (Å²) in [4.78, 5) is 8.05. The number of rotatable bonds is 3. The topological polar surface area (TPSA) is 84.1 Å². The minimum absolute atomic E-state index is 0.180. The lowest BCUT2D eigenvalue weighted by atomic mass is 10.1. The van der Waals surface area contributed by atoms with E-state index in [2.05, 4.69) is 15.3 Å². The molecule has 2 rings (SSSR count). The molecule has 1 fully saturated rings. The van der Waals surface area contributed by atoms with Crippen LogP contribution in [0.4, 0.5) is 11.8 Å². The summed E-state index contributed by atoms with van der Waals surface area (Å²) >= 11 is 5.95. The van der Waals surface area contributed by atoms with E-state index in [0.717, 1.165) is 24.8 Å². The van der Waals surface area contributed by atoms with E-state index in [1.165, 1.54) is 0 Å². The molecule has 4 N–H and O–H groups in total. The minimum Gasteiger partial charge on any atom is -0.396 e. The highest BCUT2D eigenvalue weighted by Crippen LogP contribution is 2.29. The van der Waals surface area contributed by atoms with Gasteiger partial charge in [0.1, 0.15) is 11.0 Å². The first-order valence-corrected chi connectivity index (χ1v) is 7.15. The molecule has 19 heavy (non-hydrogen) atoms. The molecule has 1 aromatic heterocycles. The van der Waals surface area contributed by atoms with Gasteiger partial charge in [-0.05, 0) is 32.1 Å². The maximum atomic E-state index is 9.10. The number of aromatic nitrogens is 2. The van der Waals surface area contributed by atoms with E-state index in [9.17, 15) is 0 Å². The summed E-state index contributed by atoms with van der Waals surface area (Å²) < 4.78 is 0. The van der Waals surface area contributed by atoms with Crippen molar-refractivity contribution in [2.75, 3.05) is 17.7 Å². The molecule has 0 aliphatic heterocycles. The molecule has 0 amide bonds. The Labute approximate surface area is 119 Å². The van der Waals surface area contributed by atoms with Crippen molar-refractivity contribution in [3.05, 3.63) is 10.7 Å².